The smallest absolute Gasteiger partial charge is 0.220 e. The topological polar surface area (TPSA) is 68.0 Å². The Morgan fingerprint density at radius 1 is 1.40 bits per heavy atom. The van der Waals surface area contributed by atoms with Crippen LogP contribution in [-0.2, 0) is 11.3 Å². The van der Waals surface area contributed by atoms with E-state index in [9.17, 15) is 4.79 Å². The van der Waals surface area contributed by atoms with Crippen molar-refractivity contribution in [2.45, 2.75) is 38.3 Å². The van der Waals surface area contributed by atoms with Gasteiger partial charge in [0.1, 0.15) is 5.01 Å². The van der Waals surface area contributed by atoms with Gasteiger partial charge in [-0.15, -0.1) is 11.3 Å². The van der Waals surface area contributed by atoms with Crippen LogP contribution in [0, 0.1) is 5.92 Å². The van der Waals surface area contributed by atoms with Gasteiger partial charge in [-0.05, 0) is 30.9 Å². The molecule has 0 radical (unpaired) electrons. The first-order valence-electron chi connectivity index (χ1n) is 7.09. The second-order valence-electron chi connectivity index (χ2n) is 5.41. The molecule has 1 aromatic carbocycles. The molecule has 0 spiro atoms. The van der Waals surface area contributed by atoms with E-state index in [1.165, 1.54) is 0 Å². The molecule has 1 aliphatic carbocycles. The van der Waals surface area contributed by atoms with Crippen molar-refractivity contribution in [3.8, 4) is 0 Å². The number of rotatable bonds is 4. The zero-order valence-electron chi connectivity index (χ0n) is 11.3. The highest BCUT2D eigenvalue weighted by atomic mass is 32.1. The van der Waals surface area contributed by atoms with E-state index >= 15 is 0 Å². The van der Waals surface area contributed by atoms with Crippen molar-refractivity contribution in [2.24, 2.45) is 11.7 Å². The molecule has 1 aliphatic rings. The number of nitrogens with two attached hydrogens (primary N) is 1. The molecule has 0 unspecified atom stereocenters. The zero-order chi connectivity index (χ0) is 13.9. The summed E-state index contributed by atoms with van der Waals surface area (Å²) in [4.78, 5) is 16.5. The third-order valence-corrected chi connectivity index (χ3v) is 4.98. The van der Waals surface area contributed by atoms with Crippen LogP contribution in [-0.4, -0.2) is 16.9 Å². The van der Waals surface area contributed by atoms with E-state index in [-0.39, 0.29) is 11.9 Å². The molecule has 106 valence electrons. The minimum absolute atomic E-state index is 0.0895. The van der Waals surface area contributed by atoms with Crippen molar-refractivity contribution in [3.63, 3.8) is 0 Å². The van der Waals surface area contributed by atoms with Crippen molar-refractivity contribution in [3.05, 3.63) is 29.3 Å². The van der Waals surface area contributed by atoms with E-state index in [0.717, 1.165) is 34.5 Å². The number of carbonyl (C=O) groups is 1. The van der Waals surface area contributed by atoms with Crippen molar-refractivity contribution in [1.82, 2.24) is 10.3 Å². The fourth-order valence-corrected chi connectivity index (χ4v) is 3.71. The maximum atomic E-state index is 11.9. The van der Waals surface area contributed by atoms with Crippen LogP contribution in [0.25, 0.3) is 10.2 Å². The lowest BCUT2D eigenvalue weighted by Crippen LogP contribution is -2.31. The summed E-state index contributed by atoms with van der Waals surface area (Å²) < 4.78 is 1.16. The number of para-hydroxylation sites is 1. The summed E-state index contributed by atoms with van der Waals surface area (Å²) in [7, 11) is 0. The maximum absolute atomic E-state index is 11.9. The van der Waals surface area contributed by atoms with Gasteiger partial charge in [0.2, 0.25) is 5.91 Å². The zero-order valence-corrected chi connectivity index (χ0v) is 12.2. The number of fused-ring (bicyclic) bond motifs is 1. The molecule has 1 fully saturated rings. The predicted octanol–water partition coefficient (Wildman–Crippen LogP) is 2.43. The van der Waals surface area contributed by atoms with E-state index < -0.39 is 0 Å². The van der Waals surface area contributed by atoms with Crippen LogP contribution in [0.1, 0.15) is 30.7 Å². The van der Waals surface area contributed by atoms with Gasteiger partial charge in [0, 0.05) is 12.5 Å². The summed E-state index contributed by atoms with van der Waals surface area (Å²) in [6, 6.07) is 8.23. The van der Waals surface area contributed by atoms with Crippen LogP contribution >= 0.6 is 11.3 Å². The fraction of sp³-hybridized carbons (Fsp3) is 0.467. The molecule has 2 atom stereocenters. The highest BCUT2D eigenvalue weighted by Gasteiger charge is 2.25. The van der Waals surface area contributed by atoms with Gasteiger partial charge in [-0.2, -0.15) is 0 Å². The van der Waals surface area contributed by atoms with Crippen molar-refractivity contribution in [2.75, 3.05) is 0 Å². The summed E-state index contributed by atoms with van der Waals surface area (Å²) in [6.07, 6.45) is 3.83. The molecule has 3 rings (SSSR count). The van der Waals surface area contributed by atoms with Crippen LogP contribution in [0.15, 0.2) is 24.3 Å². The number of aromatic nitrogens is 1. The standard InChI is InChI=1S/C15H19N3OS/c16-11-5-3-4-10(11)8-14(19)17-9-15-18-12-6-1-2-7-13(12)20-15/h1-2,6-7,10-11H,3-5,8-9,16H2,(H,17,19)/t10-,11+/m0/s1. The Kier molecular flexibility index (Phi) is 3.98. The van der Waals surface area contributed by atoms with Gasteiger partial charge in [0.25, 0.3) is 0 Å². The van der Waals surface area contributed by atoms with Gasteiger partial charge >= 0.3 is 0 Å². The summed E-state index contributed by atoms with van der Waals surface area (Å²) in [5, 5.41) is 3.91. The Hall–Kier alpha value is -1.46. The van der Waals surface area contributed by atoms with Gasteiger partial charge < -0.3 is 11.1 Å². The fourth-order valence-electron chi connectivity index (χ4n) is 2.80. The first kappa shape index (κ1) is 13.5. The van der Waals surface area contributed by atoms with Crippen LogP contribution in [0.4, 0.5) is 0 Å². The van der Waals surface area contributed by atoms with E-state index in [2.05, 4.69) is 16.4 Å². The minimum Gasteiger partial charge on any atom is -0.350 e. The Labute approximate surface area is 122 Å². The van der Waals surface area contributed by atoms with Gasteiger partial charge in [-0.3, -0.25) is 4.79 Å². The molecule has 20 heavy (non-hydrogen) atoms. The summed E-state index contributed by atoms with van der Waals surface area (Å²) in [5.41, 5.74) is 6.99. The van der Waals surface area contributed by atoms with Gasteiger partial charge in [-0.25, -0.2) is 4.98 Å². The van der Waals surface area contributed by atoms with Crippen LogP contribution in [0.3, 0.4) is 0 Å². The lowest BCUT2D eigenvalue weighted by Gasteiger charge is -2.14. The molecule has 1 heterocycles. The number of benzene rings is 1. The third-order valence-electron chi connectivity index (χ3n) is 3.94. The van der Waals surface area contributed by atoms with Gasteiger partial charge in [0.05, 0.1) is 16.8 Å². The number of hydrogen-bond donors (Lipinski definition) is 2. The Morgan fingerprint density at radius 3 is 3.00 bits per heavy atom. The Balaban J connectivity index is 1.54. The molecule has 2 aromatic rings. The second-order valence-corrected chi connectivity index (χ2v) is 6.53. The largest absolute Gasteiger partial charge is 0.350 e. The molecule has 3 N–H and O–H groups in total. The summed E-state index contributed by atoms with van der Waals surface area (Å²) in [5.74, 6) is 0.442. The molecule has 0 aliphatic heterocycles. The number of carbonyl (C=O) groups excluding carboxylic acids is 1. The SMILES string of the molecule is N[C@@H]1CCC[C@H]1CC(=O)NCc1nc2ccccc2s1. The molecule has 1 aromatic heterocycles. The highest BCUT2D eigenvalue weighted by Crippen LogP contribution is 2.26. The van der Waals surface area contributed by atoms with Crippen LogP contribution < -0.4 is 11.1 Å². The average molecular weight is 289 g/mol. The number of hydrogen-bond acceptors (Lipinski definition) is 4. The number of nitrogens with zero attached hydrogens (tertiary/aromatic N) is 1. The van der Waals surface area contributed by atoms with Crippen molar-refractivity contribution < 1.29 is 4.79 Å². The second kappa shape index (κ2) is 5.89. The third kappa shape index (κ3) is 2.99. The molecule has 0 bridgehead atoms. The van der Waals surface area contributed by atoms with E-state index in [0.29, 0.717) is 18.9 Å². The summed E-state index contributed by atoms with van der Waals surface area (Å²) >= 11 is 1.63. The van der Waals surface area contributed by atoms with Crippen molar-refractivity contribution in [1.29, 1.82) is 0 Å². The molecular formula is C15H19N3OS. The van der Waals surface area contributed by atoms with Gasteiger partial charge in [-0.1, -0.05) is 18.6 Å². The monoisotopic (exact) mass is 289 g/mol. The number of amides is 1. The lowest BCUT2D eigenvalue weighted by atomic mass is 10.00. The lowest BCUT2D eigenvalue weighted by molar-refractivity contribution is -0.122. The minimum atomic E-state index is 0.0895. The Bertz CT molecular complexity index is 577. The predicted molar refractivity (Wildman–Crippen MR) is 81.4 cm³/mol. The summed E-state index contributed by atoms with van der Waals surface area (Å²) in [6.45, 7) is 0.514. The number of thiazole rings is 1. The molecule has 0 saturated heterocycles. The molecule has 4 nitrogen and oxygen atoms in total. The van der Waals surface area contributed by atoms with E-state index in [4.69, 9.17) is 5.73 Å². The van der Waals surface area contributed by atoms with Crippen LogP contribution in [0.2, 0.25) is 0 Å². The van der Waals surface area contributed by atoms with Gasteiger partial charge in [0.15, 0.2) is 0 Å². The quantitative estimate of drug-likeness (QED) is 0.908. The Morgan fingerprint density at radius 2 is 2.25 bits per heavy atom. The van der Waals surface area contributed by atoms with Crippen molar-refractivity contribution >= 4 is 27.5 Å². The average Bonchev–Trinajstić information content (AvgIpc) is 3.03. The highest BCUT2D eigenvalue weighted by molar-refractivity contribution is 7.18. The first-order valence-corrected chi connectivity index (χ1v) is 7.91. The molecule has 1 amide bonds. The normalized spacial score (nSPS) is 22.2. The maximum Gasteiger partial charge on any atom is 0.220 e. The van der Waals surface area contributed by atoms with E-state index in [1.54, 1.807) is 11.3 Å². The molecular weight excluding hydrogens is 270 g/mol. The van der Waals surface area contributed by atoms with E-state index in [1.807, 2.05) is 18.2 Å². The molecule has 5 heteroatoms. The molecule has 1 saturated carbocycles. The number of nitrogens with one attached hydrogen (secondary N) is 1. The first-order chi connectivity index (χ1) is 9.72. The van der Waals surface area contributed by atoms with Crippen LogP contribution in [0.5, 0.6) is 0 Å².